The number of anilines is 1. The van der Waals surface area contributed by atoms with Crippen molar-refractivity contribution in [3.8, 4) is 11.3 Å². The van der Waals surface area contributed by atoms with Crippen molar-refractivity contribution in [2.75, 3.05) is 12.3 Å². The first-order valence-corrected chi connectivity index (χ1v) is 11.9. The van der Waals surface area contributed by atoms with Crippen LogP contribution in [0.15, 0.2) is 54.7 Å². The van der Waals surface area contributed by atoms with Gasteiger partial charge in [0.05, 0.1) is 23.4 Å². The highest BCUT2D eigenvalue weighted by atomic mass is 16.1. The summed E-state index contributed by atoms with van der Waals surface area (Å²) in [6, 6.07) is 15.9. The zero-order chi connectivity index (χ0) is 23.5. The predicted molar refractivity (Wildman–Crippen MR) is 134 cm³/mol. The van der Waals surface area contributed by atoms with Crippen molar-refractivity contribution < 1.29 is 4.79 Å². The zero-order valence-electron chi connectivity index (χ0n) is 19.1. The number of H-pyrrole nitrogens is 2. The molecule has 0 unspecified atom stereocenters. The monoisotopic (exact) mass is 457 g/mol. The summed E-state index contributed by atoms with van der Waals surface area (Å²) in [5.74, 6) is 1.88. The molecule has 2 aromatic heterocycles. The number of nitrogen functional groups attached to an aromatic ring is 1. The van der Waals surface area contributed by atoms with Gasteiger partial charge in [-0.1, -0.05) is 36.4 Å². The zero-order valence-corrected chi connectivity index (χ0v) is 19.1. The van der Waals surface area contributed by atoms with E-state index in [0.29, 0.717) is 24.7 Å². The van der Waals surface area contributed by atoms with E-state index in [-0.39, 0.29) is 17.9 Å². The molecule has 4 aromatic rings. The van der Waals surface area contributed by atoms with Crippen LogP contribution in [-0.2, 0) is 11.2 Å². The van der Waals surface area contributed by atoms with Crippen LogP contribution in [0.2, 0.25) is 0 Å². The van der Waals surface area contributed by atoms with Crippen LogP contribution in [0.4, 0.5) is 5.82 Å². The number of fused-ring (bicyclic) bond motifs is 1. The van der Waals surface area contributed by atoms with Crippen molar-refractivity contribution in [1.29, 1.82) is 0 Å². The lowest BCUT2D eigenvalue weighted by Crippen LogP contribution is -2.37. The molecule has 1 aliphatic carbocycles. The molecule has 1 amide bonds. The molecule has 1 atom stereocenters. The lowest BCUT2D eigenvalue weighted by Gasteiger charge is -2.28. The van der Waals surface area contributed by atoms with Crippen LogP contribution in [-0.4, -0.2) is 32.6 Å². The number of amides is 1. The van der Waals surface area contributed by atoms with E-state index in [0.717, 1.165) is 59.2 Å². The molecule has 8 nitrogen and oxygen atoms in total. The molecule has 5 rings (SSSR count). The maximum absolute atomic E-state index is 13.2. The number of rotatable bonds is 7. The molecule has 0 spiro atoms. The van der Waals surface area contributed by atoms with Crippen LogP contribution in [0.25, 0.3) is 22.2 Å². The van der Waals surface area contributed by atoms with Gasteiger partial charge in [0.1, 0.15) is 5.82 Å². The van der Waals surface area contributed by atoms with Gasteiger partial charge in [-0.15, -0.1) is 0 Å². The molecule has 0 radical (unpaired) electrons. The maximum atomic E-state index is 13.2. The SMILES string of the molecule is NCC1CCC(C(=O)N[C@@H](Cc2ccccc2)c2ncc(-c3ccc4[nH]nc(N)c4c3)[nH]2)CC1. The summed E-state index contributed by atoms with van der Waals surface area (Å²) in [5, 5.41) is 11.1. The van der Waals surface area contributed by atoms with Crippen LogP contribution >= 0.6 is 0 Å². The van der Waals surface area contributed by atoms with E-state index in [4.69, 9.17) is 11.5 Å². The highest BCUT2D eigenvalue weighted by molar-refractivity contribution is 5.91. The number of hydrogen-bond donors (Lipinski definition) is 5. The Morgan fingerprint density at radius 1 is 1.12 bits per heavy atom. The summed E-state index contributed by atoms with van der Waals surface area (Å²) >= 11 is 0. The lowest BCUT2D eigenvalue weighted by molar-refractivity contribution is -0.127. The molecule has 0 aliphatic heterocycles. The van der Waals surface area contributed by atoms with E-state index < -0.39 is 0 Å². The van der Waals surface area contributed by atoms with Crippen LogP contribution < -0.4 is 16.8 Å². The van der Waals surface area contributed by atoms with E-state index in [1.807, 2.05) is 42.6 Å². The van der Waals surface area contributed by atoms with Gasteiger partial charge in [0, 0.05) is 16.9 Å². The topological polar surface area (TPSA) is 138 Å². The Balaban J connectivity index is 1.38. The van der Waals surface area contributed by atoms with Gasteiger partial charge in [0.15, 0.2) is 5.82 Å². The fourth-order valence-electron chi connectivity index (χ4n) is 4.88. The average Bonchev–Trinajstić information content (AvgIpc) is 3.51. The molecule has 0 bridgehead atoms. The normalized spacial score (nSPS) is 19.2. The molecule has 7 N–H and O–H groups in total. The number of aromatic nitrogens is 4. The number of carbonyl (C=O) groups excluding carboxylic acids is 1. The van der Waals surface area contributed by atoms with Crippen molar-refractivity contribution in [3.63, 3.8) is 0 Å². The molecule has 34 heavy (non-hydrogen) atoms. The quantitative estimate of drug-likeness (QED) is 0.288. The van der Waals surface area contributed by atoms with Gasteiger partial charge >= 0.3 is 0 Å². The van der Waals surface area contributed by atoms with Crippen molar-refractivity contribution in [1.82, 2.24) is 25.5 Å². The number of hydrogen-bond acceptors (Lipinski definition) is 5. The van der Waals surface area contributed by atoms with Crippen molar-refractivity contribution in [3.05, 3.63) is 66.1 Å². The third-order valence-electron chi connectivity index (χ3n) is 6.98. The molecule has 1 aliphatic rings. The molecule has 0 saturated heterocycles. The van der Waals surface area contributed by atoms with Gasteiger partial charge in [-0.3, -0.25) is 9.89 Å². The lowest BCUT2D eigenvalue weighted by atomic mass is 9.81. The van der Waals surface area contributed by atoms with Crippen LogP contribution in [0.3, 0.4) is 0 Å². The van der Waals surface area contributed by atoms with Gasteiger partial charge in [0.25, 0.3) is 0 Å². The Labute approximate surface area is 198 Å². The Morgan fingerprint density at radius 3 is 2.68 bits per heavy atom. The summed E-state index contributed by atoms with van der Waals surface area (Å²) < 4.78 is 0. The van der Waals surface area contributed by atoms with E-state index >= 15 is 0 Å². The fraction of sp³-hybridized carbons (Fsp3) is 0.346. The molecule has 2 aromatic carbocycles. The summed E-state index contributed by atoms with van der Waals surface area (Å²) in [4.78, 5) is 21.3. The fourth-order valence-corrected chi connectivity index (χ4v) is 4.88. The van der Waals surface area contributed by atoms with Gasteiger partial charge in [-0.2, -0.15) is 5.10 Å². The van der Waals surface area contributed by atoms with Crippen LogP contribution in [0.5, 0.6) is 0 Å². The first kappa shape index (κ1) is 22.2. The Hall–Kier alpha value is -3.65. The summed E-state index contributed by atoms with van der Waals surface area (Å²) in [7, 11) is 0. The standard InChI is InChI=1S/C26H31N7O/c27-14-17-6-8-18(9-7-17)26(34)31-22(12-16-4-2-1-3-5-16)25-29-15-23(30-25)19-10-11-21-20(13-19)24(28)33-32-21/h1-5,10-11,13,15,17-18,22H,6-9,12,14,27H2,(H,29,30)(H,31,34)(H3,28,32,33)/t17?,18?,22-/m0/s1. The summed E-state index contributed by atoms with van der Waals surface area (Å²) in [5.41, 5.74) is 15.7. The van der Waals surface area contributed by atoms with Crippen molar-refractivity contribution >= 4 is 22.6 Å². The van der Waals surface area contributed by atoms with Gasteiger partial charge < -0.3 is 21.8 Å². The van der Waals surface area contributed by atoms with E-state index in [1.54, 1.807) is 0 Å². The third kappa shape index (κ3) is 4.68. The minimum Gasteiger partial charge on any atom is -0.382 e. The number of benzene rings is 2. The van der Waals surface area contributed by atoms with Crippen LogP contribution in [0.1, 0.15) is 43.1 Å². The smallest absolute Gasteiger partial charge is 0.223 e. The molecule has 8 heteroatoms. The second-order valence-electron chi connectivity index (χ2n) is 9.26. The largest absolute Gasteiger partial charge is 0.382 e. The molecular formula is C26H31N7O. The first-order valence-electron chi connectivity index (χ1n) is 11.9. The first-order chi connectivity index (χ1) is 16.6. The van der Waals surface area contributed by atoms with Crippen LogP contribution in [0, 0.1) is 11.8 Å². The second kappa shape index (κ2) is 9.69. The Kier molecular flexibility index (Phi) is 6.31. The number of nitrogens with zero attached hydrogens (tertiary/aromatic N) is 2. The number of nitrogens with one attached hydrogen (secondary N) is 3. The third-order valence-corrected chi connectivity index (χ3v) is 6.98. The number of imidazole rings is 1. The average molecular weight is 458 g/mol. The number of carbonyl (C=O) groups is 1. The van der Waals surface area contributed by atoms with E-state index in [2.05, 4.69) is 37.6 Å². The predicted octanol–water partition coefficient (Wildman–Crippen LogP) is 3.70. The van der Waals surface area contributed by atoms with Gasteiger partial charge in [0.2, 0.25) is 5.91 Å². The molecule has 176 valence electrons. The number of nitrogens with two attached hydrogens (primary N) is 2. The number of aromatic amines is 2. The van der Waals surface area contributed by atoms with E-state index in [1.165, 1.54) is 0 Å². The Bertz CT molecular complexity index is 1250. The highest BCUT2D eigenvalue weighted by Gasteiger charge is 2.28. The van der Waals surface area contributed by atoms with Gasteiger partial charge in [-0.25, -0.2) is 4.98 Å². The molecule has 1 fully saturated rings. The van der Waals surface area contributed by atoms with Crippen molar-refractivity contribution in [2.24, 2.45) is 17.6 Å². The van der Waals surface area contributed by atoms with E-state index in [9.17, 15) is 4.79 Å². The van der Waals surface area contributed by atoms with Crippen molar-refractivity contribution in [2.45, 2.75) is 38.1 Å². The highest BCUT2D eigenvalue weighted by Crippen LogP contribution is 2.30. The maximum Gasteiger partial charge on any atom is 0.223 e. The molecule has 1 saturated carbocycles. The summed E-state index contributed by atoms with van der Waals surface area (Å²) in [6.45, 7) is 0.705. The molecular weight excluding hydrogens is 426 g/mol. The minimum atomic E-state index is -0.251. The Morgan fingerprint density at radius 2 is 1.91 bits per heavy atom. The minimum absolute atomic E-state index is 0.0296. The van der Waals surface area contributed by atoms with Gasteiger partial charge in [-0.05, 0) is 62.3 Å². The molecule has 2 heterocycles. The summed E-state index contributed by atoms with van der Waals surface area (Å²) in [6.07, 6.45) is 6.28. The second-order valence-corrected chi connectivity index (χ2v) is 9.26.